The largest absolute Gasteiger partial charge is 0.357 e. The number of hydrogen-bond donors (Lipinski definition) is 3. The Bertz CT molecular complexity index is 693. The van der Waals surface area contributed by atoms with Gasteiger partial charge in [-0.15, -0.1) is 24.0 Å². The molecule has 1 saturated heterocycles. The van der Waals surface area contributed by atoms with Gasteiger partial charge in [0, 0.05) is 44.2 Å². The molecule has 0 aliphatic carbocycles. The van der Waals surface area contributed by atoms with Gasteiger partial charge in [0.05, 0.1) is 6.54 Å². The summed E-state index contributed by atoms with van der Waals surface area (Å²) in [4.78, 5) is 30.5. The molecule has 1 unspecified atom stereocenters. The summed E-state index contributed by atoms with van der Waals surface area (Å²) in [5.41, 5.74) is 1.71. The van der Waals surface area contributed by atoms with Crippen LogP contribution in [0.4, 0.5) is 0 Å². The fraction of sp³-hybridized carbons (Fsp3) is 0.591. The van der Waals surface area contributed by atoms with Crippen LogP contribution in [0.5, 0.6) is 0 Å². The van der Waals surface area contributed by atoms with Crippen molar-refractivity contribution in [1.82, 2.24) is 20.9 Å². The quantitative estimate of drug-likeness (QED) is 0.199. The Labute approximate surface area is 197 Å². The summed E-state index contributed by atoms with van der Waals surface area (Å²) < 4.78 is 0. The molecule has 1 atom stereocenters. The number of rotatable bonds is 9. The second-order valence-corrected chi connectivity index (χ2v) is 7.32. The lowest BCUT2D eigenvalue weighted by atomic mass is 10.1. The fourth-order valence-electron chi connectivity index (χ4n) is 3.25. The van der Waals surface area contributed by atoms with Crippen LogP contribution in [0.1, 0.15) is 62.4 Å². The molecular weight excluding hydrogens is 493 g/mol. The van der Waals surface area contributed by atoms with E-state index in [4.69, 9.17) is 0 Å². The van der Waals surface area contributed by atoms with Gasteiger partial charge in [-0.1, -0.05) is 32.4 Å². The second-order valence-electron chi connectivity index (χ2n) is 7.32. The van der Waals surface area contributed by atoms with E-state index in [0.717, 1.165) is 50.4 Å². The van der Waals surface area contributed by atoms with Gasteiger partial charge < -0.3 is 20.9 Å². The zero-order valence-electron chi connectivity index (χ0n) is 18.4. The third kappa shape index (κ3) is 8.49. The van der Waals surface area contributed by atoms with Crippen LogP contribution in [0.3, 0.4) is 0 Å². The SMILES string of the molecule is CCCCNC(=O)c1ccc(CN=C(NCC)NC2CCN(C(=O)CC)C2)cc1.I. The predicted molar refractivity (Wildman–Crippen MR) is 132 cm³/mol. The maximum Gasteiger partial charge on any atom is 0.251 e. The summed E-state index contributed by atoms with van der Waals surface area (Å²) in [5.74, 6) is 0.927. The van der Waals surface area contributed by atoms with Gasteiger partial charge in [-0.3, -0.25) is 9.59 Å². The highest BCUT2D eigenvalue weighted by molar-refractivity contribution is 14.0. The molecule has 0 saturated carbocycles. The monoisotopic (exact) mass is 529 g/mol. The van der Waals surface area contributed by atoms with Crippen LogP contribution in [0.15, 0.2) is 29.3 Å². The summed E-state index contributed by atoms with van der Waals surface area (Å²) in [5, 5.41) is 9.63. The molecule has 1 aromatic rings. The Morgan fingerprint density at radius 3 is 2.50 bits per heavy atom. The van der Waals surface area contributed by atoms with Gasteiger partial charge in [0.25, 0.3) is 5.91 Å². The Kier molecular flexibility index (Phi) is 12.4. The number of guanidine groups is 1. The van der Waals surface area contributed by atoms with Crippen LogP contribution in [-0.4, -0.2) is 54.9 Å². The first-order chi connectivity index (χ1) is 14.1. The maximum absolute atomic E-state index is 12.1. The van der Waals surface area contributed by atoms with Crippen LogP contribution in [-0.2, 0) is 11.3 Å². The number of halogens is 1. The van der Waals surface area contributed by atoms with E-state index in [1.165, 1.54) is 0 Å². The summed E-state index contributed by atoms with van der Waals surface area (Å²) >= 11 is 0. The maximum atomic E-state index is 12.1. The number of aliphatic imine (C=N–C) groups is 1. The zero-order chi connectivity index (χ0) is 21.1. The molecule has 2 amide bonds. The minimum absolute atomic E-state index is 0. The molecule has 1 aliphatic rings. The van der Waals surface area contributed by atoms with Crippen LogP contribution >= 0.6 is 24.0 Å². The number of nitrogens with one attached hydrogen (secondary N) is 3. The molecule has 0 radical (unpaired) electrons. The van der Waals surface area contributed by atoms with Crippen molar-refractivity contribution in [2.75, 3.05) is 26.2 Å². The van der Waals surface area contributed by atoms with Gasteiger partial charge in [0.15, 0.2) is 5.96 Å². The average Bonchev–Trinajstić information content (AvgIpc) is 3.20. The first-order valence-corrected chi connectivity index (χ1v) is 10.8. The Balaban J connectivity index is 0.00000450. The number of nitrogens with zero attached hydrogens (tertiary/aromatic N) is 2. The van der Waals surface area contributed by atoms with Crippen LogP contribution in [0.25, 0.3) is 0 Å². The third-order valence-electron chi connectivity index (χ3n) is 4.98. The van der Waals surface area contributed by atoms with Crippen molar-refractivity contribution in [3.63, 3.8) is 0 Å². The summed E-state index contributed by atoms with van der Waals surface area (Å²) in [6.07, 6.45) is 3.53. The molecule has 0 aromatic heterocycles. The van der Waals surface area contributed by atoms with Crippen molar-refractivity contribution in [3.05, 3.63) is 35.4 Å². The highest BCUT2D eigenvalue weighted by Gasteiger charge is 2.25. The molecule has 8 heteroatoms. The molecule has 1 fully saturated rings. The minimum atomic E-state index is -0.0316. The van der Waals surface area contributed by atoms with Crippen molar-refractivity contribution in [2.24, 2.45) is 4.99 Å². The topological polar surface area (TPSA) is 85.8 Å². The molecule has 30 heavy (non-hydrogen) atoms. The number of unbranched alkanes of at least 4 members (excludes halogenated alkanes) is 1. The highest BCUT2D eigenvalue weighted by atomic mass is 127. The van der Waals surface area contributed by atoms with Gasteiger partial charge in [-0.05, 0) is 37.5 Å². The van der Waals surface area contributed by atoms with Crippen molar-refractivity contribution >= 4 is 41.8 Å². The average molecular weight is 529 g/mol. The molecule has 1 aromatic carbocycles. The van der Waals surface area contributed by atoms with E-state index in [9.17, 15) is 9.59 Å². The number of benzene rings is 1. The molecule has 0 bridgehead atoms. The molecule has 1 heterocycles. The molecule has 168 valence electrons. The van der Waals surface area contributed by atoms with Gasteiger partial charge in [-0.2, -0.15) is 0 Å². The molecular formula is C22H36IN5O2. The van der Waals surface area contributed by atoms with Crippen LogP contribution in [0, 0.1) is 0 Å². The normalized spacial score (nSPS) is 16.0. The van der Waals surface area contributed by atoms with E-state index < -0.39 is 0 Å². The lowest BCUT2D eigenvalue weighted by Gasteiger charge is -2.18. The van der Waals surface area contributed by atoms with Crippen molar-refractivity contribution in [2.45, 2.75) is 59.0 Å². The van der Waals surface area contributed by atoms with Crippen LogP contribution in [0.2, 0.25) is 0 Å². The molecule has 3 N–H and O–H groups in total. The summed E-state index contributed by atoms with van der Waals surface area (Å²) in [6, 6.07) is 7.80. The number of carbonyl (C=O) groups excluding carboxylic acids is 2. The molecule has 7 nitrogen and oxygen atoms in total. The standard InChI is InChI=1S/C22H35N5O2.HI/c1-4-7-13-24-21(29)18-10-8-17(9-11-18)15-25-22(23-6-3)26-19-12-14-27(16-19)20(28)5-2;/h8-11,19H,4-7,12-16H2,1-3H3,(H,24,29)(H2,23,25,26);1H. The van der Waals surface area contributed by atoms with E-state index in [1.807, 2.05) is 43.0 Å². The van der Waals surface area contributed by atoms with Gasteiger partial charge in [0.2, 0.25) is 5.91 Å². The lowest BCUT2D eigenvalue weighted by Crippen LogP contribution is -2.45. The smallest absolute Gasteiger partial charge is 0.251 e. The number of hydrogen-bond acceptors (Lipinski definition) is 3. The van der Waals surface area contributed by atoms with Crippen molar-refractivity contribution < 1.29 is 9.59 Å². The minimum Gasteiger partial charge on any atom is -0.357 e. The predicted octanol–water partition coefficient (Wildman–Crippen LogP) is 2.90. The zero-order valence-corrected chi connectivity index (χ0v) is 20.7. The Hall–Kier alpha value is -1.84. The summed E-state index contributed by atoms with van der Waals surface area (Å²) in [7, 11) is 0. The van der Waals surface area contributed by atoms with Gasteiger partial charge in [0.1, 0.15) is 0 Å². The Morgan fingerprint density at radius 1 is 1.13 bits per heavy atom. The van der Waals surface area contributed by atoms with E-state index in [0.29, 0.717) is 25.1 Å². The molecule has 0 spiro atoms. The first-order valence-electron chi connectivity index (χ1n) is 10.8. The number of amides is 2. The molecule has 1 aliphatic heterocycles. The van der Waals surface area contributed by atoms with Gasteiger partial charge >= 0.3 is 0 Å². The van der Waals surface area contributed by atoms with Crippen molar-refractivity contribution in [3.8, 4) is 0 Å². The van der Waals surface area contributed by atoms with Crippen LogP contribution < -0.4 is 16.0 Å². The first kappa shape index (κ1) is 26.2. The molecule has 2 rings (SSSR count). The van der Waals surface area contributed by atoms with Crippen molar-refractivity contribution in [1.29, 1.82) is 0 Å². The second kappa shape index (κ2) is 14.2. The van der Waals surface area contributed by atoms with Gasteiger partial charge in [-0.25, -0.2) is 4.99 Å². The highest BCUT2D eigenvalue weighted by Crippen LogP contribution is 2.11. The Morgan fingerprint density at radius 2 is 1.87 bits per heavy atom. The third-order valence-corrected chi connectivity index (χ3v) is 4.98. The summed E-state index contributed by atoms with van der Waals surface area (Å²) in [6.45, 7) is 9.56. The number of carbonyl (C=O) groups is 2. The number of likely N-dealkylation sites (tertiary alicyclic amines) is 1. The lowest BCUT2D eigenvalue weighted by molar-refractivity contribution is -0.129. The fourth-order valence-corrected chi connectivity index (χ4v) is 3.25. The van der Waals surface area contributed by atoms with E-state index in [1.54, 1.807) is 0 Å². The van der Waals surface area contributed by atoms with E-state index in [2.05, 4.69) is 27.9 Å². The van der Waals surface area contributed by atoms with E-state index >= 15 is 0 Å². The van der Waals surface area contributed by atoms with E-state index in [-0.39, 0.29) is 41.8 Å².